The van der Waals surface area contributed by atoms with Crippen molar-refractivity contribution in [2.24, 2.45) is 0 Å². The number of carbonyl (C=O) groups is 1. The highest BCUT2D eigenvalue weighted by atomic mass is 32.2. The Bertz CT molecular complexity index is 659. The number of thioether (sulfide) groups is 1. The summed E-state index contributed by atoms with van der Waals surface area (Å²) < 4.78 is 11.6. The first-order valence-corrected chi connectivity index (χ1v) is 9.53. The van der Waals surface area contributed by atoms with Crippen LogP contribution in [0.4, 0.5) is 0 Å². The van der Waals surface area contributed by atoms with E-state index in [1.54, 1.807) is 24.0 Å². The van der Waals surface area contributed by atoms with E-state index >= 15 is 0 Å². The highest BCUT2D eigenvalue weighted by Gasteiger charge is 2.26. The molecule has 1 aliphatic heterocycles. The van der Waals surface area contributed by atoms with Gasteiger partial charge in [0.05, 0.1) is 18.5 Å². The number of hydrogen-bond acceptors (Lipinski definition) is 5. The molecule has 0 N–H and O–H groups in total. The molecule has 128 valence electrons. The van der Waals surface area contributed by atoms with E-state index in [4.69, 9.17) is 9.15 Å². The fourth-order valence-corrected chi connectivity index (χ4v) is 3.26. The Balaban J connectivity index is 1.55. The Labute approximate surface area is 146 Å². The predicted molar refractivity (Wildman–Crippen MR) is 93.9 cm³/mol. The van der Waals surface area contributed by atoms with Gasteiger partial charge in [0.15, 0.2) is 5.76 Å². The minimum Gasteiger partial charge on any atom is -0.455 e. The summed E-state index contributed by atoms with van der Waals surface area (Å²) in [6.07, 6.45) is 7.55. The van der Waals surface area contributed by atoms with E-state index in [-0.39, 0.29) is 12.0 Å². The van der Waals surface area contributed by atoms with E-state index < -0.39 is 0 Å². The van der Waals surface area contributed by atoms with Crippen LogP contribution in [0.2, 0.25) is 0 Å². The summed E-state index contributed by atoms with van der Waals surface area (Å²) in [6.45, 7) is 1.89. The van der Waals surface area contributed by atoms with E-state index in [2.05, 4.69) is 4.98 Å². The third kappa shape index (κ3) is 4.39. The molecule has 6 heteroatoms. The van der Waals surface area contributed by atoms with Crippen molar-refractivity contribution in [3.8, 4) is 0 Å². The molecule has 0 saturated carbocycles. The molecular formula is C18H22N2O3S. The van der Waals surface area contributed by atoms with Crippen LogP contribution < -0.4 is 0 Å². The second kappa shape index (κ2) is 8.35. The lowest BCUT2D eigenvalue weighted by molar-refractivity contribution is -0.00764. The lowest BCUT2D eigenvalue weighted by atomic mass is 10.1. The first-order valence-electron chi connectivity index (χ1n) is 8.13. The summed E-state index contributed by atoms with van der Waals surface area (Å²) >= 11 is 1.68. The summed E-state index contributed by atoms with van der Waals surface area (Å²) in [5.74, 6) is 2.00. The molecule has 0 bridgehead atoms. The zero-order valence-electron chi connectivity index (χ0n) is 13.8. The zero-order chi connectivity index (χ0) is 16.8. The van der Waals surface area contributed by atoms with Gasteiger partial charge in [-0.15, -0.1) is 0 Å². The molecule has 1 aliphatic rings. The molecule has 24 heavy (non-hydrogen) atoms. The molecule has 0 aromatic carbocycles. The number of nitrogens with zero attached hydrogens (tertiary/aromatic N) is 2. The minimum absolute atomic E-state index is 0.0444. The molecule has 1 atom stereocenters. The highest BCUT2D eigenvalue weighted by Crippen LogP contribution is 2.20. The Hall–Kier alpha value is -1.79. The molecule has 2 aromatic rings. The maximum absolute atomic E-state index is 12.6. The summed E-state index contributed by atoms with van der Waals surface area (Å²) in [5, 5.41) is 0. The number of aromatic nitrogens is 1. The highest BCUT2D eigenvalue weighted by molar-refractivity contribution is 7.97. The number of furan rings is 1. The van der Waals surface area contributed by atoms with Crippen molar-refractivity contribution in [3.63, 3.8) is 0 Å². The number of pyridine rings is 1. The monoisotopic (exact) mass is 346 g/mol. The van der Waals surface area contributed by atoms with Crippen molar-refractivity contribution in [1.29, 1.82) is 0 Å². The summed E-state index contributed by atoms with van der Waals surface area (Å²) in [6, 6.07) is 7.55. The van der Waals surface area contributed by atoms with Gasteiger partial charge in [0, 0.05) is 25.5 Å². The van der Waals surface area contributed by atoms with Crippen LogP contribution in [-0.2, 0) is 17.1 Å². The van der Waals surface area contributed by atoms with E-state index in [1.165, 1.54) is 0 Å². The predicted octanol–water partition coefficient (Wildman–Crippen LogP) is 3.36. The molecule has 5 nitrogen and oxygen atoms in total. The van der Waals surface area contributed by atoms with Gasteiger partial charge in [-0.05, 0) is 42.9 Å². The first-order chi connectivity index (χ1) is 11.8. The van der Waals surface area contributed by atoms with Crippen LogP contribution >= 0.6 is 11.8 Å². The lowest BCUT2D eigenvalue weighted by Crippen LogP contribution is -2.43. The third-order valence-corrected chi connectivity index (χ3v) is 4.61. The Kier molecular flexibility index (Phi) is 5.93. The van der Waals surface area contributed by atoms with Gasteiger partial charge in [-0.3, -0.25) is 9.78 Å². The number of likely N-dealkylation sites (tertiary alicyclic amines) is 1. The van der Waals surface area contributed by atoms with Crippen LogP contribution in [0, 0.1) is 0 Å². The smallest absolute Gasteiger partial charge is 0.289 e. The molecule has 0 spiro atoms. The normalized spacial score (nSPS) is 17.9. The van der Waals surface area contributed by atoms with Crippen LogP contribution in [0.5, 0.6) is 0 Å². The van der Waals surface area contributed by atoms with Crippen molar-refractivity contribution in [3.05, 3.63) is 53.7 Å². The third-order valence-electron chi connectivity index (χ3n) is 4.03. The number of amides is 1. The second-order valence-electron chi connectivity index (χ2n) is 5.89. The van der Waals surface area contributed by atoms with Crippen molar-refractivity contribution < 1.29 is 13.9 Å². The SMILES string of the molecule is CSCc1ccc(C(=O)N2CCCC(OCc3cccnc3)C2)o1. The molecular weight excluding hydrogens is 324 g/mol. The number of ether oxygens (including phenoxy) is 1. The van der Waals surface area contributed by atoms with Crippen LogP contribution in [0.15, 0.2) is 41.1 Å². The summed E-state index contributed by atoms with van der Waals surface area (Å²) in [5.41, 5.74) is 1.05. The molecule has 3 heterocycles. The van der Waals surface area contributed by atoms with Gasteiger partial charge in [0.1, 0.15) is 5.76 Å². The van der Waals surface area contributed by atoms with Crippen molar-refractivity contribution in [2.75, 3.05) is 19.3 Å². The van der Waals surface area contributed by atoms with Gasteiger partial charge >= 0.3 is 0 Å². The first kappa shape index (κ1) is 17.0. The van der Waals surface area contributed by atoms with Gasteiger partial charge in [0.25, 0.3) is 5.91 Å². The van der Waals surface area contributed by atoms with Crippen LogP contribution in [0.1, 0.15) is 34.7 Å². The number of carbonyl (C=O) groups excluding carboxylic acids is 1. The van der Waals surface area contributed by atoms with Gasteiger partial charge in [-0.1, -0.05) is 6.07 Å². The van der Waals surface area contributed by atoms with Crippen LogP contribution in [-0.4, -0.2) is 41.2 Å². The molecule has 1 unspecified atom stereocenters. The number of piperidine rings is 1. The maximum atomic E-state index is 12.6. The molecule has 1 saturated heterocycles. The molecule has 1 amide bonds. The maximum Gasteiger partial charge on any atom is 0.289 e. The number of hydrogen-bond donors (Lipinski definition) is 0. The van der Waals surface area contributed by atoms with Gasteiger partial charge in [0.2, 0.25) is 0 Å². The second-order valence-corrected chi connectivity index (χ2v) is 6.75. The van der Waals surface area contributed by atoms with Gasteiger partial charge < -0.3 is 14.1 Å². The molecule has 2 aromatic heterocycles. The van der Waals surface area contributed by atoms with E-state index in [0.717, 1.165) is 36.5 Å². The largest absolute Gasteiger partial charge is 0.455 e. The number of rotatable bonds is 6. The Morgan fingerprint density at radius 3 is 3.17 bits per heavy atom. The average Bonchev–Trinajstić information content (AvgIpc) is 3.09. The van der Waals surface area contributed by atoms with Crippen LogP contribution in [0.3, 0.4) is 0 Å². The van der Waals surface area contributed by atoms with E-state index in [1.807, 2.05) is 35.6 Å². The Morgan fingerprint density at radius 1 is 1.46 bits per heavy atom. The molecule has 3 rings (SSSR count). The quantitative estimate of drug-likeness (QED) is 0.803. The minimum atomic E-state index is -0.0444. The van der Waals surface area contributed by atoms with E-state index in [9.17, 15) is 4.79 Å². The van der Waals surface area contributed by atoms with Crippen molar-refractivity contribution in [1.82, 2.24) is 9.88 Å². The zero-order valence-corrected chi connectivity index (χ0v) is 14.6. The molecule has 0 aliphatic carbocycles. The van der Waals surface area contributed by atoms with Crippen molar-refractivity contribution in [2.45, 2.75) is 31.3 Å². The molecule has 0 radical (unpaired) electrons. The molecule has 1 fully saturated rings. The summed E-state index contributed by atoms with van der Waals surface area (Å²) in [4.78, 5) is 18.5. The fraction of sp³-hybridized carbons (Fsp3) is 0.444. The van der Waals surface area contributed by atoms with E-state index in [0.29, 0.717) is 18.9 Å². The van der Waals surface area contributed by atoms with Crippen molar-refractivity contribution >= 4 is 17.7 Å². The average molecular weight is 346 g/mol. The fourth-order valence-electron chi connectivity index (χ4n) is 2.82. The van der Waals surface area contributed by atoms with Gasteiger partial charge in [-0.2, -0.15) is 11.8 Å². The standard InChI is InChI=1S/C18H22N2O3S/c1-24-13-16-6-7-17(23-16)18(21)20-9-3-5-15(11-20)22-12-14-4-2-8-19-10-14/h2,4,6-8,10,15H,3,5,9,11-13H2,1H3. The summed E-state index contributed by atoms with van der Waals surface area (Å²) in [7, 11) is 0. The van der Waals surface area contributed by atoms with Gasteiger partial charge in [-0.25, -0.2) is 0 Å². The Morgan fingerprint density at radius 2 is 2.38 bits per heavy atom. The lowest BCUT2D eigenvalue weighted by Gasteiger charge is -2.32. The topological polar surface area (TPSA) is 55.6 Å². The van der Waals surface area contributed by atoms with Crippen LogP contribution in [0.25, 0.3) is 0 Å².